The van der Waals surface area contributed by atoms with Crippen LogP contribution >= 0.6 is 35.0 Å². The van der Waals surface area contributed by atoms with Crippen molar-refractivity contribution in [3.05, 3.63) is 93.5 Å². The third-order valence-corrected chi connectivity index (χ3v) is 6.20. The predicted octanol–water partition coefficient (Wildman–Crippen LogP) is 5.70. The lowest BCUT2D eigenvalue weighted by molar-refractivity contribution is -0.119. The summed E-state index contributed by atoms with van der Waals surface area (Å²) in [7, 11) is 0. The number of nitrogens with one attached hydrogen (secondary N) is 2. The van der Waals surface area contributed by atoms with E-state index in [1.54, 1.807) is 42.5 Å². The Morgan fingerprint density at radius 3 is 2.32 bits per heavy atom. The molecule has 34 heavy (non-hydrogen) atoms. The number of aryl methyl sites for hydroxylation is 1. The fraction of sp³-hybridized carbons (Fsp3) is 0.160. The number of nitrogens with zero attached hydrogens (tertiary/aromatic N) is 1. The highest BCUT2D eigenvalue weighted by molar-refractivity contribution is 7.99. The second kappa shape index (κ2) is 13.0. The van der Waals surface area contributed by atoms with E-state index in [1.807, 2.05) is 31.2 Å². The van der Waals surface area contributed by atoms with Crippen molar-refractivity contribution in [2.24, 2.45) is 5.10 Å². The second-order valence-corrected chi connectivity index (χ2v) is 9.06. The van der Waals surface area contributed by atoms with Gasteiger partial charge in [-0.15, -0.1) is 11.8 Å². The number of hydrazone groups is 1. The number of rotatable bonds is 10. The van der Waals surface area contributed by atoms with Gasteiger partial charge in [0.2, 0.25) is 5.91 Å². The van der Waals surface area contributed by atoms with E-state index in [1.165, 1.54) is 18.0 Å². The van der Waals surface area contributed by atoms with E-state index in [-0.39, 0.29) is 24.2 Å². The number of halogens is 2. The lowest BCUT2D eigenvalue weighted by atomic mass is 10.2. The molecule has 0 aliphatic heterocycles. The molecule has 0 spiro atoms. The lowest BCUT2D eigenvalue weighted by Gasteiger charge is -2.08. The Hall–Kier alpha value is -3.00. The largest absolute Gasteiger partial charge is 0.484 e. The first kappa shape index (κ1) is 25.6. The maximum atomic E-state index is 12.0. The van der Waals surface area contributed by atoms with Crippen LogP contribution in [0.5, 0.6) is 5.75 Å². The van der Waals surface area contributed by atoms with Gasteiger partial charge in [-0.1, -0.05) is 47.0 Å². The van der Waals surface area contributed by atoms with Crippen molar-refractivity contribution in [3.63, 3.8) is 0 Å². The van der Waals surface area contributed by atoms with Gasteiger partial charge in [-0.25, -0.2) is 5.43 Å². The van der Waals surface area contributed by atoms with E-state index in [9.17, 15) is 9.59 Å². The number of hydrogen-bond donors (Lipinski definition) is 2. The Labute approximate surface area is 212 Å². The fourth-order valence-electron chi connectivity index (χ4n) is 2.76. The molecule has 3 aromatic rings. The number of hydrogen-bond acceptors (Lipinski definition) is 5. The zero-order valence-corrected chi connectivity index (χ0v) is 20.7. The highest BCUT2D eigenvalue weighted by Gasteiger charge is 2.07. The summed E-state index contributed by atoms with van der Waals surface area (Å²) in [5.41, 5.74) is 5.91. The van der Waals surface area contributed by atoms with Gasteiger partial charge in [0.15, 0.2) is 6.61 Å². The molecule has 0 aromatic heterocycles. The fourth-order valence-corrected chi connectivity index (χ4v) is 4.32. The molecular formula is C25H23Cl2N3O3S. The van der Waals surface area contributed by atoms with Crippen LogP contribution in [-0.2, 0) is 15.3 Å². The van der Waals surface area contributed by atoms with Crippen LogP contribution in [0.3, 0.4) is 0 Å². The van der Waals surface area contributed by atoms with E-state index >= 15 is 0 Å². The van der Waals surface area contributed by atoms with Crippen LogP contribution in [0.4, 0.5) is 5.69 Å². The molecule has 0 fully saturated rings. The smallest absolute Gasteiger partial charge is 0.262 e. The van der Waals surface area contributed by atoms with Gasteiger partial charge in [0.25, 0.3) is 5.91 Å². The molecule has 9 heteroatoms. The zero-order chi connectivity index (χ0) is 24.3. The molecule has 3 aromatic carbocycles. The van der Waals surface area contributed by atoms with Crippen LogP contribution in [-0.4, -0.2) is 30.4 Å². The van der Waals surface area contributed by atoms with E-state index in [2.05, 4.69) is 15.8 Å². The summed E-state index contributed by atoms with van der Waals surface area (Å²) in [6.45, 7) is 1.88. The standard InChI is InChI=1S/C25H23Cl2N3O3S/c1-17-5-9-19(10-6-17)29-24(31)14-33-20-11-7-18(8-12-20)13-28-30-25(32)16-34-15-21-22(26)3-2-4-23(21)27/h2-13H,14-16H2,1H3,(H,29,31)(H,30,32)/b28-13-. The van der Waals surface area contributed by atoms with Gasteiger partial charge in [0.1, 0.15) is 5.75 Å². The average Bonchev–Trinajstić information content (AvgIpc) is 2.82. The highest BCUT2D eigenvalue weighted by Crippen LogP contribution is 2.28. The van der Waals surface area contributed by atoms with Crippen LogP contribution < -0.4 is 15.5 Å². The SMILES string of the molecule is Cc1ccc(NC(=O)COc2ccc(/C=N\NC(=O)CSCc3c(Cl)cccc3Cl)cc2)cc1. The molecule has 0 radical (unpaired) electrons. The number of ether oxygens (including phenoxy) is 1. The van der Waals surface area contributed by atoms with Crippen molar-refractivity contribution in [3.8, 4) is 5.75 Å². The van der Waals surface area contributed by atoms with E-state index in [0.29, 0.717) is 21.5 Å². The first-order chi connectivity index (χ1) is 16.4. The third-order valence-electron chi connectivity index (χ3n) is 4.53. The summed E-state index contributed by atoms with van der Waals surface area (Å²) in [6.07, 6.45) is 1.53. The van der Waals surface area contributed by atoms with Gasteiger partial charge >= 0.3 is 0 Å². The van der Waals surface area contributed by atoms with Crippen LogP contribution in [0, 0.1) is 6.92 Å². The Kier molecular flexibility index (Phi) is 9.82. The van der Waals surface area contributed by atoms with E-state index < -0.39 is 0 Å². The summed E-state index contributed by atoms with van der Waals surface area (Å²) < 4.78 is 5.51. The minimum Gasteiger partial charge on any atom is -0.484 e. The summed E-state index contributed by atoms with van der Waals surface area (Å²) in [6, 6.07) is 19.9. The van der Waals surface area contributed by atoms with Crippen molar-refractivity contribution in [1.82, 2.24) is 5.43 Å². The quantitative estimate of drug-likeness (QED) is 0.268. The monoisotopic (exact) mass is 515 g/mol. The van der Waals surface area contributed by atoms with Crippen molar-refractivity contribution in [1.29, 1.82) is 0 Å². The summed E-state index contributed by atoms with van der Waals surface area (Å²) in [5, 5.41) is 7.91. The Bertz CT molecular complexity index is 1130. The summed E-state index contributed by atoms with van der Waals surface area (Å²) in [4.78, 5) is 24.0. The maximum absolute atomic E-state index is 12.0. The topological polar surface area (TPSA) is 79.8 Å². The van der Waals surface area contributed by atoms with Crippen LogP contribution in [0.1, 0.15) is 16.7 Å². The van der Waals surface area contributed by atoms with Crippen molar-refractivity contribution >= 4 is 58.7 Å². The molecule has 0 bridgehead atoms. The van der Waals surface area contributed by atoms with Gasteiger partial charge in [-0.05, 0) is 66.6 Å². The Morgan fingerprint density at radius 2 is 1.65 bits per heavy atom. The van der Waals surface area contributed by atoms with Crippen LogP contribution in [0.2, 0.25) is 10.0 Å². The molecule has 176 valence electrons. The first-order valence-corrected chi connectivity index (χ1v) is 12.2. The van der Waals surface area contributed by atoms with E-state index in [4.69, 9.17) is 27.9 Å². The van der Waals surface area contributed by atoms with Crippen LogP contribution in [0.15, 0.2) is 71.8 Å². The number of carbonyl (C=O) groups excluding carboxylic acids is 2. The van der Waals surface area contributed by atoms with Crippen molar-refractivity contribution < 1.29 is 14.3 Å². The molecular weight excluding hydrogens is 493 g/mol. The molecule has 0 unspecified atom stereocenters. The van der Waals surface area contributed by atoms with Gasteiger partial charge < -0.3 is 10.1 Å². The molecule has 0 aliphatic carbocycles. The second-order valence-electron chi connectivity index (χ2n) is 7.26. The van der Waals surface area contributed by atoms with Crippen molar-refractivity contribution in [2.45, 2.75) is 12.7 Å². The number of anilines is 1. The van der Waals surface area contributed by atoms with Gasteiger partial charge in [-0.2, -0.15) is 5.10 Å². The minimum atomic E-state index is -0.244. The zero-order valence-electron chi connectivity index (χ0n) is 18.4. The lowest BCUT2D eigenvalue weighted by Crippen LogP contribution is -2.20. The molecule has 2 N–H and O–H groups in total. The van der Waals surface area contributed by atoms with Crippen molar-refractivity contribution in [2.75, 3.05) is 17.7 Å². The van der Waals surface area contributed by atoms with Gasteiger partial charge in [0, 0.05) is 21.5 Å². The Morgan fingerprint density at radius 1 is 0.971 bits per heavy atom. The number of thioether (sulfide) groups is 1. The summed E-state index contributed by atoms with van der Waals surface area (Å²) in [5.74, 6) is 0.821. The molecule has 2 amide bonds. The molecule has 0 saturated heterocycles. The number of carbonyl (C=O) groups is 2. The Balaban J connectivity index is 1.37. The molecule has 0 aliphatic rings. The molecule has 6 nitrogen and oxygen atoms in total. The molecule has 3 rings (SSSR count). The summed E-state index contributed by atoms with van der Waals surface area (Å²) >= 11 is 13.7. The highest BCUT2D eigenvalue weighted by atomic mass is 35.5. The van der Waals surface area contributed by atoms with Gasteiger partial charge in [-0.3, -0.25) is 9.59 Å². The number of benzene rings is 3. The maximum Gasteiger partial charge on any atom is 0.262 e. The third kappa shape index (κ3) is 8.41. The average molecular weight is 516 g/mol. The first-order valence-electron chi connectivity index (χ1n) is 10.3. The molecule has 0 saturated carbocycles. The molecule has 0 atom stereocenters. The van der Waals surface area contributed by atoms with E-state index in [0.717, 1.165) is 22.4 Å². The predicted molar refractivity (Wildman–Crippen MR) is 140 cm³/mol. The molecule has 0 heterocycles. The minimum absolute atomic E-state index is 0.103. The van der Waals surface area contributed by atoms with Gasteiger partial charge in [0.05, 0.1) is 12.0 Å². The normalized spacial score (nSPS) is 10.8. The number of amides is 2. The van der Waals surface area contributed by atoms with Crippen LogP contribution in [0.25, 0.3) is 0 Å².